The zero-order valence-electron chi connectivity index (χ0n) is 7.12. The molecule has 0 N–H and O–H groups in total. The average molecular weight is 157 g/mol. The molecule has 1 aromatic carbocycles. The minimum absolute atomic E-state index is 1.06. The summed E-state index contributed by atoms with van der Waals surface area (Å²) in [5, 5.41) is 8.29. The Labute approximate surface area is 73.0 Å². The van der Waals surface area contributed by atoms with Gasteiger partial charge in [-0.15, -0.1) is 0 Å². The van der Waals surface area contributed by atoms with E-state index in [1.54, 1.807) is 6.08 Å². The molecule has 60 valence electrons. The molecule has 1 rings (SSSR count). The van der Waals surface area contributed by atoms with Gasteiger partial charge in [0.05, 0.1) is 6.07 Å². The second-order valence-corrected chi connectivity index (χ2v) is 2.56. The standard InChI is InChI=1S/C11H11N/c1-2-10-5-7-11(8-6-10)4-3-9-12/h3-8H,2H2,1H3/b4-3-. The average Bonchev–Trinajstić information content (AvgIpc) is 2.15. The van der Waals surface area contributed by atoms with Crippen LogP contribution in [-0.4, -0.2) is 0 Å². The summed E-state index contributed by atoms with van der Waals surface area (Å²) in [4.78, 5) is 0. The first-order chi connectivity index (χ1) is 5.86. The molecule has 0 saturated carbocycles. The van der Waals surface area contributed by atoms with E-state index in [0.29, 0.717) is 0 Å². The van der Waals surface area contributed by atoms with Crippen LogP contribution in [0.4, 0.5) is 0 Å². The van der Waals surface area contributed by atoms with E-state index in [4.69, 9.17) is 5.26 Å². The van der Waals surface area contributed by atoms with Crippen molar-refractivity contribution < 1.29 is 0 Å². The van der Waals surface area contributed by atoms with Gasteiger partial charge in [0.15, 0.2) is 0 Å². The highest BCUT2D eigenvalue weighted by Crippen LogP contribution is 2.06. The fraction of sp³-hybridized carbons (Fsp3) is 0.182. The Kier molecular flexibility index (Phi) is 3.10. The van der Waals surface area contributed by atoms with Gasteiger partial charge in [0.25, 0.3) is 0 Å². The molecule has 0 aromatic heterocycles. The van der Waals surface area contributed by atoms with Crippen LogP contribution < -0.4 is 0 Å². The van der Waals surface area contributed by atoms with Crippen LogP contribution in [0.25, 0.3) is 6.08 Å². The van der Waals surface area contributed by atoms with Crippen LogP contribution in [0, 0.1) is 11.3 Å². The lowest BCUT2D eigenvalue weighted by molar-refractivity contribution is 1.14. The van der Waals surface area contributed by atoms with E-state index in [1.165, 1.54) is 11.6 Å². The molecule has 0 aliphatic carbocycles. The van der Waals surface area contributed by atoms with Gasteiger partial charge in [-0.2, -0.15) is 5.26 Å². The maximum atomic E-state index is 8.29. The zero-order valence-corrected chi connectivity index (χ0v) is 7.12. The minimum atomic E-state index is 1.06. The van der Waals surface area contributed by atoms with Gasteiger partial charge in [0, 0.05) is 6.08 Å². The lowest BCUT2D eigenvalue weighted by Crippen LogP contribution is -1.78. The molecule has 0 heterocycles. The van der Waals surface area contributed by atoms with E-state index in [9.17, 15) is 0 Å². The number of benzene rings is 1. The van der Waals surface area contributed by atoms with E-state index in [-0.39, 0.29) is 0 Å². The maximum absolute atomic E-state index is 8.29. The monoisotopic (exact) mass is 157 g/mol. The van der Waals surface area contributed by atoms with Crippen LogP contribution in [0.15, 0.2) is 30.3 Å². The Hall–Kier alpha value is -1.55. The maximum Gasteiger partial charge on any atom is 0.0912 e. The zero-order chi connectivity index (χ0) is 8.81. The molecule has 1 nitrogen and oxygen atoms in total. The van der Waals surface area contributed by atoms with E-state index >= 15 is 0 Å². The Balaban J connectivity index is 2.79. The van der Waals surface area contributed by atoms with Gasteiger partial charge >= 0.3 is 0 Å². The lowest BCUT2D eigenvalue weighted by Gasteiger charge is -1.95. The Morgan fingerprint density at radius 3 is 2.50 bits per heavy atom. The normalized spacial score (nSPS) is 10.0. The summed E-state index contributed by atoms with van der Waals surface area (Å²) in [7, 11) is 0. The summed E-state index contributed by atoms with van der Waals surface area (Å²) < 4.78 is 0. The number of allylic oxidation sites excluding steroid dienone is 1. The van der Waals surface area contributed by atoms with Gasteiger partial charge in [-0.05, 0) is 23.6 Å². The van der Waals surface area contributed by atoms with Crippen LogP contribution in [0.5, 0.6) is 0 Å². The van der Waals surface area contributed by atoms with Crippen LogP contribution >= 0.6 is 0 Å². The van der Waals surface area contributed by atoms with E-state index in [2.05, 4.69) is 19.1 Å². The van der Waals surface area contributed by atoms with E-state index < -0.39 is 0 Å². The van der Waals surface area contributed by atoms with Gasteiger partial charge in [0.2, 0.25) is 0 Å². The molecule has 0 aliphatic heterocycles. The first-order valence-electron chi connectivity index (χ1n) is 4.02. The van der Waals surface area contributed by atoms with E-state index in [1.807, 2.05) is 18.2 Å². The molecule has 12 heavy (non-hydrogen) atoms. The summed E-state index contributed by atoms with van der Waals surface area (Å²) in [6.45, 7) is 2.13. The quantitative estimate of drug-likeness (QED) is 0.605. The highest BCUT2D eigenvalue weighted by Gasteiger charge is 1.87. The summed E-state index contributed by atoms with van der Waals surface area (Å²) in [6.07, 6.45) is 4.35. The second-order valence-electron chi connectivity index (χ2n) is 2.56. The molecule has 0 radical (unpaired) electrons. The highest BCUT2D eigenvalue weighted by molar-refractivity contribution is 5.51. The first kappa shape index (κ1) is 8.55. The van der Waals surface area contributed by atoms with Crippen molar-refractivity contribution in [1.82, 2.24) is 0 Å². The molecule has 0 spiro atoms. The number of hydrogen-bond donors (Lipinski definition) is 0. The molecule has 0 fully saturated rings. The number of hydrogen-bond acceptors (Lipinski definition) is 1. The third-order valence-corrected chi connectivity index (χ3v) is 1.74. The molecule has 0 amide bonds. The van der Waals surface area contributed by atoms with Gasteiger partial charge in [-0.3, -0.25) is 0 Å². The number of aryl methyl sites for hydroxylation is 1. The van der Waals surface area contributed by atoms with E-state index in [0.717, 1.165) is 12.0 Å². The molecular weight excluding hydrogens is 146 g/mol. The molecule has 0 unspecified atom stereocenters. The van der Waals surface area contributed by atoms with Crippen molar-refractivity contribution in [2.45, 2.75) is 13.3 Å². The Bertz CT molecular complexity index is 301. The van der Waals surface area contributed by atoms with Crippen molar-refractivity contribution in [2.24, 2.45) is 0 Å². The number of nitrogens with zero attached hydrogens (tertiary/aromatic N) is 1. The van der Waals surface area contributed by atoms with Crippen molar-refractivity contribution in [2.75, 3.05) is 0 Å². The predicted molar refractivity (Wildman–Crippen MR) is 50.5 cm³/mol. The second kappa shape index (κ2) is 4.35. The Morgan fingerprint density at radius 2 is 2.00 bits per heavy atom. The fourth-order valence-corrected chi connectivity index (χ4v) is 0.998. The van der Waals surface area contributed by atoms with Gasteiger partial charge in [0.1, 0.15) is 0 Å². The molecule has 0 saturated heterocycles. The molecule has 0 atom stereocenters. The highest BCUT2D eigenvalue weighted by atomic mass is 14.2. The van der Waals surface area contributed by atoms with Crippen molar-refractivity contribution >= 4 is 6.08 Å². The lowest BCUT2D eigenvalue weighted by atomic mass is 10.1. The van der Waals surface area contributed by atoms with Crippen molar-refractivity contribution in [3.05, 3.63) is 41.5 Å². The summed E-state index contributed by atoms with van der Waals surface area (Å²) >= 11 is 0. The SMILES string of the molecule is CCc1ccc(/C=C\C#N)cc1. The summed E-state index contributed by atoms with van der Waals surface area (Å²) in [5.74, 6) is 0. The number of rotatable bonds is 2. The van der Waals surface area contributed by atoms with Gasteiger partial charge < -0.3 is 0 Å². The third kappa shape index (κ3) is 2.25. The number of nitriles is 1. The summed E-state index contributed by atoms with van der Waals surface area (Å²) in [5.41, 5.74) is 2.40. The van der Waals surface area contributed by atoms with Gasteiger partial charge in [-0.25, -0.2) is 0 Å². The summed E-state index contributed by atoms with van der Waals surface area (Å²) in [6, 6.07) is 10.2. The predicted octanol–water partition coefficient (Wildman–Crippen LogP) is 2.79. The van der Waals surface area contributed by atoms with Crippen LogP contribution in [0.2, 0.25) is 0 Å². The third-order valence-electron chi connectivity index (χ3n) is 1.74. The van der Waals surface area contributed by atoms with Crippen molar-refractivity contribution in [3.8, 4) is 6.07 Å². The van der Waals surface area contributed by atoms with Crippen LogP contribution in [0.3, 0.4) is 0 Å². The van der Waals surface area contributed by atoms with Gasteiger partial charge in [-0.1, -0.05) is 31.2 Å². The largest absolute Gasteiger partial charge is 0.193 e. The molecule has 1 aromatic rings. The first-order valence-corrected chi connectivity index (χ1v) is 4.02. The Morgan fingerprint density at radius 1 is 1.33 bits per heavy atom. The molecule has 1 heteroatoms. The van der Waals surface area contributed by atoms with Crippen molar-refractivity contribution in [3.63, 3.8) is 0 Å². The van der Waals surface area contributed by atoms with Crippen LogP contribution in [-0.2, 0) is 6.42 Å². The minimum Gasteiger partial charge on any atom is -0.193 e. The smallest absolute Gasteiger partial charge is 0.0912 e. The molecular formula is C11H11N. The topological polar surface area (TPSA) is 23.8 Å². The fourth-order valence-electron chi connectivity index (χ4n) is 0.998. The van der Waals surface area contributed by atoms with Crippen LogP contribution in [0.1, 0.15) is 18.1 Å². The molecule has 0 bridgehead atoms. The van der Waals surface area contributed by atoms with Crippen molar-refractivity contribution in [1.29, 1.82) is 5.26 Å². The molecule has 0 aliphatic rings.